The van der Waals surface area contributed by atoms with Crippen LogP contribution in [-0.4, -0.2) is 15.6 Å². The van der Waals surface area contributed by atoms with Crippen LogP contribution in [0.15, 0.2) is 24.4 Å². The summed E-state index contributed by atoms with van der Waals surface area (Å²) in [6.07, 6.45) is 2.36. The Kier molecular flexibility index (Phi) is 3.59. The van der Waals surface area contributed by atoms with Crippen molar-refractivity contribution >= 4 is 16.9 Å². The summed E-state index contributed by atoms with van der Waals surface area (Å²) in [6.45, 7) is 7.46. The number of rotatable bonds is 4. The molecule has 0 aliphatic carbocycles. The number of carboxylic acids is 1. The lowest BCUT2D eigenvalue weighted by atomic mass is 9.86. The molecule has 1 aromatic heterocycles. The summed E-state index contributed by atoms with van der Waals surface area (Å²) >= 11 is 0. The minimum atomic E-state index is -0.843. The lowest BCUT2D eigenvalue weighted by Gasteiger charge is -2.18. The summed E-state index contributed by atoms with van der Waals surface area (Å²) in [6, 6.07) is 4.86. The van der Waals surface area contributed by atoms with Gasteiger partial charge in [-0.05, 0) is 57.9 Å². The van der Waals surface area contributed by atoms with Crippen LogP contribution >= 0.6 is 0 Å². The zero-order valence-electron chi connectivity index (χ0n) is 12.3. The molecule has 20 heavy (non-hydrogen) atoms. The number of benzene rings is 1. The van der Waals surface area contributed by atoms with Crippen LogP contribution in [0.3, 0.4) is 0 Å². The van der Waals surface area contributed by atoms with Gasteiger partial charge >= 0.3 is 5.97 Å². The number of aliphatic carboxylic acids is 1. The molecule has 2 rings (SSSR count). The van der Waals surface area contributed by atoms with Crippen molar-refractivity contribution in [3.05, 3.63) is 35.8 Å². The smallest absolute Gasteiger partial charge is 0.309 e. The van der Waals surface area contributed by atoms with E-state index in [0.717, 1.165) is 16.5 Å². The molecule has 3 nitrogen and oxygen atoms in total. The molecule has 0 spiro atoms. The fourth-order valence-electron chi connectivity index (χ4n) is 2.42. The Hall–Kier alpha value is -1.84. The van der Waals surface area contributed by atoms with Gasteiger partial charge in [-0.3, -0.25) is 4.79 Å². The van der Waals surface area contributed by atoms with E-state index in [0.29, 0.717) is 6.42 Å². The van der Waals surface area contributed by atoms with E-state index >= 15 is 0 Å². The first kappa shape index (κ1) is 14.6. The lowest BCUT2D eigenvalue weighted by molar-refractivity contribution is -0.146. The molecular weight excluding hydrogens is 257 g/mol. The standard InChI is InChI=1S/C16H20FNO2/c1-10(2)18-9-11(8-16(3,4)15(19)20)13-6-5-12(17)7-14(13)18/h5-7,9-10H,8H2,1-4H3,(H,19,20). The molecule has 1 N–H and O–H groups in total. The number of hydrogen-bond donors (Lipinski definition) is 1. The van der Waals surface area contributed by atoms with Gasteiger partial charge in [0.05, 0.1) is 10.9 Å². The molecule has 1 heterocycles. The second-order valence-electron chi connectivity index (χ2n) is 6.18. The molecule has 0 aliphatic heterocycles. The molecule has 0 saturated heterocycles. The summed E-state index contributed by atoms with van der Waals surface area (Å²) < 4.78 is 15.4. The summed E-state index contributed by atoms with van der Waals surface area (Å²) in [5, 5.41) is 10.2. The Morgan fingerprint density at radius 3 is 2.60 bits per heavy atom. The van der Waals surface area contributed by atoms with E-state index in [4.69, 9.17) is 0 Å². The van der Waals surface area contributed by atoms with E-state index in [9.17, 15) is 14.3 Å². The van der Waals surface area contributed by atoms with E-state index in [2.05, 4.69) is 0 Å². The van der Waals surface area contributed by atoms with Gasteiger partial charge < -0.3 is 9.67 Å². The lowest BCUT2D eigenvalue weighted by Crippen LogP contribution is -2.26. The average molecular weight is 277 g/mol. The number of carbonyl (C=O) groups is 1. The number of fused-ring (bicyclic) bond motifs is 1. The van der Waals surface area contributed by atoms with Crippen molar-refractivity contribution in [2.24, 2.45) is 5.41 Å². The highest BCUT2D eigenvalue weighted by molar-refractivity contribution is 5.85. The molecule has 0 unspecified atom stereocenters. The van der Waals surface area contributed by atoms with E-state index in [1.807, 2.05) is 24.6 Å². The van der Waals surface area contributed by atoms with Crippen LogP contribution in [0.5, 0.6) is 0 Å². The van der Waals surface area contributed by atoms with Crippen molar-refractivity contribution in [3.8, 4) is 0 Å². The van der Waals surface area contributed by atoms with E-state index < -0.39 is 11.4 Å². The first-order valence-corrected chi connectivity index (χ1v) is 6.75. The number of nitrogens with zero attached hydrogens (tertiary/aromatic N) is 1. The fraction of sp³-hybridized carbons (Fsp3) is 0.438. The SMILES string of the molecule is CC(C)n1cc(CC(C)(C)C(=O)O)c2ccc(F)cc21. The maximum atomic E-state index is 13.4. The predicted molar refractivity (Wildman–Crippen MR) is 77.4 cm³/mol. The minimum Gasteiger partial charge on any atom is -0.481 e. The Bertz CT molecular complexity index is 656. The Morgan fingerprint density at radius 1 is 1.40 bits per heavy atom. The van der Waals surface area contributed by atoms with Crippen LogP contribution in [-0.2, 0) is 11.2 Å². The van der Waals surface area contributed by atoms with Crippen LogP contribution in [0, 0.1) is 11.2 Å². The molecule has 0 bridgehead atoms. The van der Waals surface area contributed by atoms with Gasteiger partial charge in [-0.2, -0.15) is 0 Å². The Morgan fingerprint density at radius 2 is 2.05 bits per heavy atom. The minimum absolute atomic E-state index is 0.195. The van der Waals surface area contributed by atoms with E-state index in [1.165, 1.54) is 12.1 Å². The normalized spacial score (nSPS) is 12.3. The van der Waals surface area contributed by atoms with E-state index in [1.54, 1.807) is 19.9 Å². The first-order chi connectivity index (χ1) is 9.22. The van der Waals surface area contributed by atoms with Crippen molar-refractivity contribution in [3.63, 3.8) is 0 Å². The van der Waals surface area contributed by atoms with Gasteiger partial charge in [0, 0.05) is 17.6 Å². The second-order valence-corrected chi connectivity index (χ2v) is 6.18. The number of halogens is 1. The topological polar surface area (TPSA) is 42.2 Å². The van der Waals surface area contributed by atoms with Gasteiger partial charge in [0.25, 0.3) is 0 Å². The van der Waals surface area contributed by atoms with Crippen molar-refractivity contribution in [2.45, 2.75) is 40.2 Å². The van der Waals surface area contributed by atoms with Crippen LogP contribution in [0.1, 0.15) is 39.3 Å². The van der Waals surface area contributed by atoms with Gasteiger partial charge in [-0.15, -0.1) is 0 Å². The fourth-order valence-corrected chi connectivity index (χ4v) is 2.42. The summed E-state index contributed by atoms with van der Waals surface area (Å²) in [5.41, 5.74) is 0.919. The van der Waals surface area contributed by atoms with Crippen molar-refractivity contribution in [2.75, 3.05) is 0 Å². The van der Waals surface area contributed by atoms with Crippen LogP contribution in [0.4, 0.5) is 4.39 Å². The molecule has 0 atom stereocenters. The van der Waals surface area contributed by atoms with Gasteiger partial charge in [-0.1, -0.05) is 0 Å². The highest BCUT2D eigenvalue weighted by Gasteiger charge is 2.29. The summed E-state index contributed by atoms with van der Waals surface area (Å²) in [4.78, 5) is 11.3. The van der Waals surface area contributed by atoms with Gasteiger partial charge in [0.1, 0.15) is 5.82 Å². The molecule has 0 amide bonds. The largest absolute Gasteiger partial charge is 0.481 e. The van der Waals surface area contributed by atoms with Crippen molar-refractivity contribution in [1.82, 2.24) is 4.57 Å². The summed E-state index contributed by atoms with van der Waals surface area (Å²) in [5.74, 6) is -1.10. The molecule has 108 valence electrons. The van der Waals surface area contributed by atoms with Crippen LogP contribution in [0.25, 0.3) is 10.9 Å². The van der Waals surface area contributed by atoms with Crippen LogP contribution in [0.2, 0.25) is 0 Å². The molecular formula is C16H20FNO2. The van der Waals surface area contributed by atoms with Crippen molar-refractivity contribution < 1.29 is 14.3 Å². The zero-order valence-corrected chi connectivity index (χ0v) is 12.3. The monoisotopic (exact) mass is 277 g/mol. The van der Waals surface area contributed by atoms with E-state index in [-0.39, 0.29) is 11.9 Å². The first-order valence-electron chi connectivity index (χ1n) is 6.75. The summed E-state index contributed by atoms with van der Waals surface area (Å²) in [7, 11) is 0. The molecule has 0 aliphatic rings. The molecule has 0 saturated carbocycles. The molecule has 0 fully saturated rings. The highest BCUT2D eigenvalue weighted by atomic mass is 19.1. The van der Waals surface area contributed by atoms with Crippen LogP contribution < -0.4 is 0 Å². The molecule has 0 radical (unpaired) electrons. The molecule has 4 heteroatoms. The number of carboxylic acid groups (broad SMARTS) is 1. The van der Waals surface area contributed by atoms with Gasteiger partial charge in [-0.25, -0.2) is 4.39 Å². The third-order valence-corrected chi connectivity index (χ3v) is 3.65. The number of aromatic nitrogens is 1. The highest BCUT2D eigenvalue weighted by Crippen LogP contribution is 2.31. The van der Waals surface area contributed by atoms with Gasteiger partial charge in [0.2, 0.25) is 0 Å². The van der Waals surface area contributed by atoms with Gasteiger partial charge in [0.15, 0.2) is 0 Å². The average Bonchev–Trinajstić information content (AvgIpc) is 2.66. The van der Waals surface area contributed by atoms with Crippen molar-refractivity contribution in [1.29, 1.82) is 0 Å². The zero-order chi connectivity index (χ0) is 15.1. The Labute approximate surface area is 118 Å². The maximum Gasteiger partial charge on any atom is 0.309 e. The second kappa shape index (κ2) is 4.93. The quantitative estimate of drug-likeness (QED) is 0.917. The molecule has 2 aromatic rings. The molecule has 1 aromatic carbocycles. The number of hydrogen-bond acceptors (Lipinski definition) is 1. The maximum absolute atomic E-state index is 13.4. The predicted octanol–water partition coefficient (Wildman–Crippen LogP) is 4.01. The third-order valence-electron chi connectivity index (χ3n) is 3.65. The third kappa shape index (κ3) is 2.55. The Balaban J connectivity index is 2.57.